The Bertz CT molecular complexity index is 685. The minimum Gasteiger partial charge on any atom is -0.463 e. The highest BCUT2D eigenvalue weighted by Crippen LogP contribution is 2.47. The minimum atomic E-state index is -1.50. The zero-order chi connectivity index (χ0) is 13.5. The Morgan fingerprint density at radius 3 is 3.05 bits per heavy atom. The van der Waals surface area contributed by atoms with Crippen molar-refractivity contribution in [3.05, 3.63) is 36.5 Å². The van der Waals surface area contributed by atoms with Crippen molar-refractivity contribution in [2.45, 2.75) is 18.8 Å². The van der Waals surface area contributed by atoms with Crippen LogP contribution in [-0.4, -0.2) is 22.7 Å². The van der Waals surface area contributed by atoms with Gasteiger partial charge in [0.25, 0.3) is 5.60 Å². The van der Waals surface area contributed by atoms with Crippen molar-refractivity contribution < 1.29 is 14.3 Å². The van der Waals surface area contributed by atoms with Gasteiger partial charge in [-0.3, -0.25) is 0 Å². The van der Waals surface area contributed by atoms with Gasteiger partial charge in [0.05, 0.1) is 12.1 Å². The predicted octanol–water partition coefficient (Wildman–Crippen LogP) is 2.00. The number of hydrogen-bond donors (Lipinski definition) is 0. The molecule has 2 aromatic rings. The molecule has 2 heterocycles. The molecule has 0 bridgehead atoms. The molecule has 1 aromatic heterocycles. The molecule has 0 radical (unpaired) electrons. The molecule has 0 saturated carbocycles. The summed E-state index contributed by atoms with van der Waals surface area (Å²) in [6, 6.07) is 11.6. The lowest BCUT2D eigenvalue weighted by atomic mass is 10.1. The number of para-hydroxylation sites is 1. The third-order valence-electron chi connectivity index (χ3n) is 3.22. The van der Waals surface area contributed by atoms with E-state index in [2.05, 4.69) is 0 Å². The summed E-state index contributed by atoms with van der Waals surface area (Å²) in [5.74, 6) is -0.625. The van der Waals surface area contributed by atoms with Crippen LogP contribution in [0.1, 0.15) is 13.2 Å². The number of nitrogens with zero attached hydrogens (tertiary/aromatic N) is 2. The van der Waals surface area contributed by atoms with Crippen molar-refractivity contribution in [3.8, 4) is 6.07 Å². The van der Waals surface area contributed by atoms with Gasteiger partial charge in [-0.2, -0.15) is 5.26 Å². The number of carbonyl (C=O) groups is 1. The predicted molar refractivity (Wildman–Crippen MR) is 67.0 cm³/mol. The first-order valence-corrected chi connectivity index (χ1v) is 6.05. The molecule has 1 aliphatic heterocycles. The summed E-state index contributed by atoms with van der Waals surface area (Å²) in [5.41, 5.74) is -0.577. The van der Waals surface area contributed by atoms with Gasteiger partial charge in [0.2, 0.25) is 0 Å². The summed E-state index contributed by atoms with van der Waals surface area (Å²) in [6.07, 6.45) is 1.20. The van der Waals surface area contributed by atoms with Crippen LogP contribution in [0.5, 0.6) is 0 Å². The second-order valence-electron chi connectivity index (χ2n) is 4.32. The number of hydrogen-bond acceptors (Lipinski definition) is 4. The van der Waals surface area contributed by atoms with Crippen LogP contribution >= 0.6 is 0 Å². The summed E-state index contributed by atoms with van der Waals surface area (Å²) in [5, 5.41) is 10.2. The molecule has 0 aliphatic carbocycles. The van der Waals surface area contributed by atoms with E-state index in [9.17, 15) is 10.1 Å². The summed E-state index contributed by atoms with van der Waals surface area (Å²) in [4.78, 5) is 11.8. The molecule has 1 aromatic carbocycles. The van der Waals surface area contributed by atoms with Crippen molar-refractivity contribution in [3.63, 3.8) is 0 Å². The largest absolute Gasteiger partial charge is 0.463 e. The smallest absolute Gasteiger partial charge is 0.358 e. The van der Waals surface area contributed by atoms with Crippen LogP contribution in [0, 0.1) is 11.3 Å². The Hall–Kier alpha value is -2.32. The van der Waals surface area contributed by atoms with Crippen molar-refractivity contribution in [1.29, 1.82) is 5.26 Å². The second kappa shape index (κ2) is 4.11. The monoisotopic (exact) mass is 256 g/mol. The van der Waals surface area contributed by atoms with E-state index in [1.165, 1.54) is 0 Å². The van der Waals surface area contributed by atoms with E-state index >= 15 is 0 Å². The molecule has 0 spiro atoms. The Labute approximate surface area is 109 Å². The van der Waals surface area contributed by atoms with Crippen LogP contribution in [0.15, 0.2) is 36.5 Å². The van der Waals surface area contributed by atoms with E-state index in [4.69, 9.17) is 9.47 Å². The third-order valence-corrected chi connectivity index (χ3v) is 3.22. The lowest BCUT2D eigenvalue weighted by molar-refractivity contribution is -0.147. The maximum absolute atomic E-state index is 11.8. The molecule has 2 atom stereocenters. The maximum atomic E-state index is 11.8. The van der Waals surface area contributed by atoms with Gasteiger partial charge in [0.1, 0.15) is 6.07 Å². The van der Waals surface area contributed by atoms with Crippen LogP contribution in [0.25, 0.3) is 10.9 Å². The number of aromatic nitrogens is 1. The molecule has 0 N–H and O–H groups in total. The van der Waals surface area contributed by atoms with Crippen molar-refractivity contribution in [1.82, 2.24) is 4.57 Å². The van der Waals surface area contributed by atoms with E-state index in [0.717, 1.165) is 10.9 Å². The Morgan fingerprint density at radius 2 is 2.32 bits per heavy atom. The SMILES string of the molecule is CCOC(=O)C1(C#N)OC1n1ccc2ccccc21. The molecule has 1 aliphatic rings. The molecule has 5 nitrogen and oxygen atoms in total. The summed E-state index contributed by atoms with van der Waals surface area (Å²) in [7, 11) is 0. The third kappa shape index (κ3) is 1.61. The summed E-state index contributed by atoms with van der Waals surface area (Å²) >= 11 is 0. The fourth-order valence-electron chi connectivity index (χ4n) is 2.22. The molecule has 1 fully saturated rings. The van der Waals surface area contributed by atoms with E-state index in [-0.39, 0.29) is 6.61 Å². The van der Waals surface area contributed by atoms with Gasteiger partial charge in [-0.05, 0) is 24.4 Å². The van der Waals surface area contributed by atoms with Gasteiger partial charge in [0, 0.05) is 6.20 Å². The van der Waals surface area contributed by atoms with E-state index in [0.29, 0.717) is 0 Å². The molecule has 3 rings (SSSR count). The standard InChI is InChI=1S/C14H12N2O3/c1-2-18-13(17)14(9-15)12(19-14)16-8-7-10-5-3-4-6-11(10)16/h3-8,12H,2H2,1H3. The van der Waals surface area contributed by atoms with Crippen LogP contribution in [-0.2, 0) is 14.3 Å². The zero-order valence-electron chi connectivity index (χ0n) is 10.4. The topological polar surface area (TPSA) is 67.6 Å². The number of nitriles is 1. The first kappa shape index (κ1) is 11.8. The second-order valence-corrected chi connectivity index (χ2v) is 4.32. The number of fused-ring (bicyclic) bond motifs is 1. The van der Waals surface area contributed by atoms with Gasteiger partial charge >= 0.3 is 5.97 Å². The molecule has 96 valence electrons. The maximum Gasteiger partial charge on any atom is 0.358 e. The number of benzene rings is 1. The van der Waals surface area contributed by atoms with Crippen LogP contribution in [0.3, 0.4) is 0 Å². The first-order chi connectivity index (χ1) is 9.23. The summed E-state index contributed by atoms with van der Waals surface area (Å²) < 4.78 is 12.0. The van der Waals surface area contributed by atoms with Gasteiger partial charge in [-0.1, -0.05) is 18.2 Å². The van der Waals surface area contributed by atoms with Gasteiger partial charge in [0.15, 0.2) is 6.23 Å². The quantitative estimate of drug-likeness (QED) is 0.622. The average Bonchev–Trinajstić information content (AvgIpc) is 3.03. The number of esters is 1. The fourth-order valence-corrected chi connectivity index (χ4v) is 2.22. The summed E-state index contributed by atoms with van der Waals surface area (Å²) in [6.45, 7) is 1.93. The van der Waals surface area contributed by atoms with Crippen LogP contribution in [0.4, 0.5) is 0 Å². The fraction of sp³-hybridized carbons (Fsp3) is 0.286. The van der Waals surface area contributed by atoms with E-state index in [1.807, 2.05) is 42.6 Å². The Balaban J connectivity index is 1.97. The molecule has 19 heavy (non-hydrogen) atoms. The van der Waals surface area contributed by atoms with Gasteiger partial charge < -0.3 is 14.0 Å². The molecule has 0 amide bonds. The highest BCUT2D eigenvalue weighted by molar-refractivity contribution is 5.88. The average molecular weight is 256 g/mol. The number of carbonyl (C=O) groups excluding carboxylic acids is 1. The highest BCUT2D eigenvalue weighted by atomic mass is 16.7. The number of rotatable bonds is 3. The van der Waals surface area contributed by atoms with E-state index in [1.54, 1.807) is 11.5 Å². The Morgan fingerprint density at radius 1 is 1.53 bits per heavy atom. The number of ether oxygens (including phenoxy) is 2. The molecular formula is C14H12N2O3. The minimum absolute atomic E-state index is 0.227. The zero-order valence-corrected chi connectivity index (χ0v) is 10.4. The highest BCUT2D eigenvalue weighted by Gasteiger charge is 2.67. The molecular weight excluding hydrogens is 244 g/mol. The van der Waals surface area contributed by atoms with E-state index < -0.39 is 17.8 Å². The molecule has 1 saturated heterocycles. The molecule has 5 heteroatoms. The van der Waals surface area contributed by atoms with Crippen LogP contribution in [0.2, 0.25) is 0 Å². The lowest BCUT2D eigenvalue weighted by Gasteiger charge is -2.05. The van der Waals surface area contributed by atoms with Crippen LogP contribution < -0.4 is 0 Å². The van der Waals surface area contributed by atoms with Gasteiger partial charge in [-0.25, -0.2) is 4.79 Å². The molecule has 2 unspecified atom stereocenters. The number of epoxide rings is 1. The normalized spacial score (nSPS) is 24.9. The Kier molecular flexibility index (Phi) is 2.54. The first-order valence-electron chi connectivity index (χ1n) is 6.05. The van der Waals surface area contributed by atoms with Crippen molar-refractivity contribution >= 4 is 16.9 Å². The van der Waals surface area contributed by atoms with Gasteiger partial charge in [-0.15, -0.1) is 0 Å². The lowest BCUT2D eigenvalue weighted by Crippen LogP contribution is -2.27. The van der Waals surface area contributed by atoms with Crippen molar-refractivity contribution in [2.75, 3.05) is 6.61 Å². The van der Waals surface area contributed by atoms with Crippen molar-refractivity contribution in [2.24, 2.45) is 0 Å².